The molecular weight excluding hydrogens is 300 g/mol. The molecule has 0 aliphatic rings. The number of ether oxygens (including phenoxy) is 1. The number of nitrogens with zero attached hydrogens (tertiary/aromatic N) is 3. The van der Waals surface area contributed by atoms with Crippen LogP contribution >= 0.6 is 0 Å². The van der Waals surface area contributed by atoms with E-state index in [0.29, 0.717) is 22.8 Å². The fraction of sp³-hybridized carbons (Fsp3) is 0. The Kier molecular flexibility index (Phi) is 3.41. The Labute approximate surface area is 138 Å². The van der Waals surface area contributed by atoms with Gasteiger partial charge in [-0.3, -0.25) is 0 Å². The Balaban J connectivity index is 1.87. The van der Waals surface area contributed by atoms with Crippen LogP contribution in [0.4, 0.5) is 0 Å². The molecule has 0 amide bonds. The molecule has 0 unspecified atom stereocenters. The number of rotatable bonds is 3. The molecule has 0 saturated carbocycles. The van der Waals surface area contributed by atoms with Crippen molar-refractivity contribution >= 4 is 11.0 Å². The maximum atomic E-state index is 9.45. The average molecular weight is 312 g/mol. The van der Waals surface area contributed by atoms with Gasteiger partial charge in [-0.1, -0.05) is 24.3 Å². The third-order valence-corrected chi connectivity index (χ3v) is 3.70. The van der Waals surface area contributed by atoms with E-state index in [0.717, 1.165) is 16.6 Å². The highest BCUT2D eigenvalue weighted by Gasteiger charge is 2.15. The Morgan fingerprint density at radius 1 is 1.00 bits per heavy atom. The van der Waals surface area contributed by atoms with Crippen LogP contribution in [0.25, 0.3) is 22.2 Å². The van der Waals surface area contributed by atoms with Crippen LogP contribution in [0.15, 0.2) is 67.1 Å². The van der Waals surface area contributed by atoms with E-state index < -0.39 is 0 Å². The highest BCUT2D eigenvalue weighted by atomic mass is 16.5. The van der Waals surface area contributed by atoms with E-state index in [4.69, 9.17) is 4.74 Å². The summed E-state index contributed by atoms with van der Waals surface area (Å²) in [6, 6.07) is 19.1. The van der Waals surface area contributed by atoms with Crippen molar-refractivity contribution < 1.29 is 4.74 Å². The first kappa shape index (κ1) is 14.0. The number of H-pyrrole nitrogens is 1. The summed E-state index contributed by atoms with van der Waals surface area (Å²) in [4.78, 5) is 11.5. The molecule has 0 aliphatic heterocycles. The molecule has 24 heavy (non-hydrogen) atoms. The summed E-state index contributed by atoms with van der Waals surface area (Å²) in [6.45, 7) is 0. The zero-order chi connectivity index (χ0) is 16.4. The van der Waals surface area contributed by atoms with Crippen molar-refractivity contribution in [3.63, 3.8) is 0 Å². The molecule has 2 heterocycles. The first-order valence-electron chi connectivity index (χ1n) is 7.40. The molecule has 5 nitrogen and oxygen atoms in total. The molecule has 2 aromatic heterocycles. The zero-order valence-electron chi connectivity index (χ0n) is 12.6. The van der Waals surface area contributed by atoms with E-state index in [-0.39, 0.29) is 0 Å². The summed E-state index contributed by atoms with van der Waals surface area (Å²) >= 11 is 0. The minimum absolute atomic E-state index is 0.318. The fourth-order valence-corrected chi connectivity index (χ4v) is 2.60. The number of para-hydroxylation sites is 1. The molecule has 4 aromatic rings. The standard InChI is InChI=1S/C19H12N4O/c20-11-17-19(13-6-7-15-16(10-13)23-12-22-15)18(8-9-21-17)24-14-4-2-1-3-5-14/h1-10,12H,(H,22,23). The summed E-state index contributed by atoms with van der Waals surface area (Å²) in [5, 5.41) is 9.45. The lowest BCUT2D eigenvalue weighted by molar-refractivity contribution is 0.483. The minimum atomic E-state index is 0.318. The molecule has 0 saturated heterocycles. The van der Waals surface area contributed by atoms with Crippen LogP contribution in [0.5, 0.6) is 11.5 Å². The summed E-state index contributed by atoms with van der Waals surface area (Å²) in [5.74, 6) is 1.29. The molecule has 0 atom stereocenters. The second-order valence-electron chi connectivity index (χ2n) is 5.19. The first-order chi connectivity index (χ1) is 11.8. The van der Waals surface area contributed by atoms with E-state index in [2.05, 4.69) is 21.0 Å². The summed E-state index contributed by atoms with van der Waals surface area (Å²) in [6.07, 6.45) is 3.22. The Bertz CT molecular complexity index is 1050. The number of fused-ring (bicyclic) bond motifs is 1. The Morgan fingerprint density at radius 3 is 2.71 bits per heavy atom. The van der Waals surface area contributed by atoms with Crippen molar-refractivity contribution in [3.8, 4) is 28.7 Å². The van der Waals surface area contributed by atoms with Crippen LogP contribution in [0.1, 0.15) is 5.69 Å². The van der Waals surface area contributed by atoms with Gasteiger partial charge in [0.05, 0.1) is 22.9 Å². The van der Waals surface area contributed by atoms with Crippen molar-refractivity contribution in [2.24, 2.45) is 0 Å². The monoisotopic (exact) mass is 312 g/mol. The van der Waals surface area contributed by atoms with Gasteiger partial charge in [-0.15, -0.1) is 0 Å². The number of nitrogens with one attached hydrogen (secondary N) is 1. The van der Waals surface area contributed by atoms with Gasteiger partial charge >= 0.3 is 0 Å². The maximum absolute atomic E-state index is 9.45. The van der Waals surface area contributed by atoms with Crippen LogP contribution in [0, 0.1) is 11.3 Å². The Morgan fingerprint density at radius 2 is 1.88 bits per heavy atom. The quantitative estimate of drug-likeness (QED) is 0.612. The maximum Gasteiger partial charge on any atom is 0.152 e. The largest absolute Gasteiger partial charge is 0.457 e. The zero-order valence-corrected chi connectivity index (χ0v) is 12.6. The third-order valence-electron chi connectivity index (χ3n) is 3.70. The lowest BCUT2D eigenvalue weighted by Crippen LogP contribution is -1.94. The van der Waals surface area contributed by atoms with Crippen LogP contribution in [-0.2, 0) is 0 Å². The van der Waals surface area contributed by atoms with Gasteiger partial charge in [-0.05, 0) is 35.9 Å². The molecule has 0 aliphatic carbocycles. The molecule has 0 spiro atoms. The van der Waals surface area contributed by atoms with Crippen LogP contribution in [0.3, 0.4) is 0 Å². The van der Waals surface area contributed by atoms with Crippen molar-refractivity contribution in [2.75, 3.05) is 0 Å². The van der Waals surface area contributed by atoms with Crippen LogP contribution < -0.4 is 4.74 Å². The number of benzene rings is 2. The lowest BCUT2D eigenvalue weighted by atomic mass is 10.0. The number of aromatic amines is 1. The second kappa shape index (κ2) is 5.86. The molecule has 0 bridgehead atoms. The van der Waals surface area contributed by atoms with Gasteiger partial charge in [-0.25, -0.2) is 9.97 Å². The molecule has 0 fully saturated rings. The molecule has 5 heteroatoms. The van der Waals surface area contributed by atoms with E-state index in [1.165, 1.54) is 0 Å². The number of imidazole rings is 1. The smallest absolute Gasteiger partial charge is 0.152 e. The van der Waals surface area contributed by atoms with Crippen LogP contribution in [0.2, 0.25) is 0 Å². The number of hydrogen-bond acceptors (Lipinski definition) is 4. The molecular formula is C19H12N4O. The van der Waals surface area contributed by atoms with E-state index >= 15 is 0 Å². The summed E-state index contributed by atoms with van der Waals surface area (Å²) < 4.78 is 5.98. The molecule has 0 radical (unpaired) electrons. The molecule has 4 rings (SSSR count). The van der Waals surface area contributed by atoms with E-state index in [1.54, 1.807) is 18.6 Å². The topological polar surface area (TPSA) is 74.6 Å². The highest BCUT2D eigenvalue weighted by molar-refractivity contribution is 5.85. The van der Waals surface area contributed by atoms with Gasteiger partial charge in [0.15, 0.2) is 5.69 Å². The van der Waals surface area contributed by atoms with E-state index in [1.807, 2.05) is 48.5 Å². The number of aromatic nitrogens is 3. The second-order valence-corrected chi connectivity index (χ2v) is 5.19. The van der Waals surface area contributed by atoms with Gasteiger partial charge < -0.3 is 9.72 Å². The molecule has 114 valence electrons. The third kappa shape index (κ3) is 2.46. The number of pyridine rings is 1. The number of hydrogen-bond donors (Lipinski definition) is 1. The van der Waals surface area contributed by atoms with Crippen molar-refractivity contribution in [1.29, 1.82) is 5.26 Å². The first-order valence-corrected chi connectivity index (χ1v) is 7.40. The lowest BCUT2D eigenvalue weighted by Gasteiger charge is -2.12. The SMILES string of the molecule is N#Cc1nccc(Oc2ccccc2)c1-c1ccc2[nH]cnc2c1. The normalized spacial score (nSPS) is 10.5. The predicted molar refractivity (Wildman–Crippen MR) is 90.6 cm³/mol. The van der Waals surface area contributed by atoms with Crippen molar-refractivity contribution in [1.82, 2.24) is 15.0 Å². The average Bonchev–Trinajstić information content (AvgIpc) is 3.10. The van der Waals surface area contributed by atoms with Crippen molar-refractivity contribution in [3.05, 3.63) is 72.8 Å². The predicted octanol–water partition coefficient (Wildman–Crippen LogP) is 4.29. The summed E-state index contributed by atoms with van der Waals surface area (Å²) in [5.41, 5.74) is 3.58. The number of nitriles is 1. The van der Waals surface area contributed by atoms with E-state index in [9.17, 15) is 5.26 Å². The van der Waals surface area contributed by atoms with Crippen molar-refractivity contribution in [2.45, 2.75) is 0 Å². The minimum Gasteiger partial charge on any atom is -0.457 e. The highest BCUT2D eigenvalue weighted by Crippen LogP contribution is 2.35. The van der Waals surface area contributed by atoms with Gasteiger partial charge in [0.25, 0.3) is 0 Å². The molecule has 1 N–H and O–H groups in total. The van der Waals surface area contributed by atoms with Gasteiger partial charge in [-0.2, -0.15) is 5.26 Å². The Hall–Kier alpha value is -3.65. The van der Waals surface area contributed by atoms with Gasteiger partial charge in [0.1, 0.15) is 17.6 Å². The van der Waals surface area contributed by atoms with Crippen LogP contribution in [-0.4, -0.2) is 15.0 Å². The van der Waals surface area contributed by atoms with Gasteiger partial charge in [0, 0.05) is 6.20 Å². The fourth-order valence-electron chi connectivity index (χ4n) is 2.60. The van der Waals surface area contributed by atoms with Gasteiger partial charge in [0.2, 0.25) is 0 Å². The summed E-state index contributed by atoms with van der Waals surface area (Å²) in [7, 11) is 0. The molecule has 2 aromatic carbocycles.